The Hall–Kier alpha value is -4.01. The van der Waals surface area contributed by atoms with Crippen LogP contribution in [0, 0.1) is 15.9 Å². The van der Waals surface area contributed by atoms with E-state index in [-0.39, 0.29) is 28.5 Å². The number of halogens is 1. The predicted molar refractivity (Wildman–Crippen MR) is 135 cm³/mol. The van der Waals surface area contributed by atoms with Crippen molar-refractivity contribution in [1.29, 1.82) is 0 Å². The molecule has 1 unspecified atom stereocenters. The van der Waals surface area contributed by atoms with Crippen molar-refractivity contribution in [3.05, 3.63) is 81.7 Å². The van der Waals surface area contributed by atoms with Gasteiger partial charge in [0.15, 0.2) is 5.52 Å². The molecule has 1 aromatic heterocycles. The summed E-state index contributed by atoms with van der Waals surface area (Å²) in [6.45, 7) is 2.55. The molecular formula is C27H26FN5O3. The smallest absolute Gasteiger partial charge is 0.323 e. The van der Waals surface area contributed by atoms with E-state index in [9.17, 15) is 14.5 Å². The third kappa shape index (κ3) is 3.57. The Kier molecular flexibility index (Phi) is 5.35. The van der Waals surface area contributed by atoms with Crippen LogP contribution in [0.15, 0.2) is 59.2 Å². The summed E-state index contributed by atoms with van der Waals surface area (Å²) in [6, 6.07) is 16.4. The van der Waals surface area contributed by atoms with Gasteiger partial charge in [0.1, 0.15) is 11.5 Å². The molecule has 1 fully saturated rings. The van der Waals surface area contributed by atoms with Crippen molar-refractivity contribution in [2.24, 2.45) is 0 Å². The Morgan fingerprint density at radius 3 is 2.61 bits per heavy atom. The summed E-state index contributed by atoms with van der Waals surface area (Å²) in [5.74, 6) is -0.0882. The Morgan fingerprint density at radius 1 is 1.11 bits per heavy atom. The highest BCUT2D eigenvalue weighted by molar-refractivity contribution is 6.01. The first-order valence-electron chi connectivity index (χ1n) is 12.3. The molecule has 0 saturated heterocycles. The molecule has 184 valence electrons. The first-order chi connectivity index (χ1) is 17.5. The van der Waals surface area contributed by atoms with Gasteiger partial charge in [-0.25, -0.2) is 9.02 Å². The van der Waals surface area contributed by atoms with E-state index in [1.165, 1.54) is 6.07 Å². The van der Waals surface area contributed by atoms with Crippen molar-refractivity contribution in [3.63, 3.8) is 0 Å². The summed E-state index contributed by atoms with van der Waals surface area (Å²) in [4.78, 5) is 13.9. The number of nitro groups is 1. The minimum Gasteiger partial charge on any atom is -0.375 e. The van der Waals surface area contributed by atoms with E-state index >= 15 is 0 Å². The molecule has 1 saturated carbocycles. The third-order valence-corrected chi connectivity index (χ3v) is 7.70. The van der Waals surface area contributed by atoms with Crippen LogP contribution in [-0.2, 0) is 6.54 Å². The largest absolute Gasteiger partial charge is 0.375 e. The average molecular weight is 488 g/mol. The van der Waals surface area contributed by atoms with Gasteiger partial charge in [0.25, 0.3) is 0 Å². The van der Waals surface area contributed by atoms with Crippen LogP contribution < -0.4 is 10.2 Å². The minimum absolute atomic E-state index is 0.100. The highest BCUT2D eigenvalue weighted by Crippen LogP contribution is 2.55. The van der Waals surface area contributed by atoms with Gasteiger partial charge in [-0.05, 0) is 70.9 Å². The maximum atomic E-state index is 14.3. The summed E-state index contributed by atoms with van der Waals surface area (Å²) < 4.78 is 19.4. The second-order valence-corrected chi connectivity index (χ2v) is 9.92. The van der Waals surface area contributed by atoms with Crippen molar-refractivity contribution < 1.29 is 13.9 Å². The number of anilines is 3. The van der Waals surface area contributed by atoms with Gasteiger partial charge in [0, 0.05) is 17.8 Å². The summed E-state index contributed by atoms with van der Waals surface area (Å²) >= 11 is 0. The van der Waals surface area contributed by atoms with E-state index in [4.69, 9.17) is 4.63 Å². The zero-order valence-electron chi connectivity index (χ0n) is 19.9. The highest BCUT2D eigenvalue weighted by atomic mass is 19.1. The molecule has 0 radical (unpaired) electrons. The molecule has 2 heterocycles. The highest BCUT2D eigenvalue weighted by Gasteiger charge is 2.47. The van der Waals surface area contributed by atoms with Crippen molar-refractivity contribution >= 4 is 33.8 Å². The number of nitrogens with one attached hydrogen (secondary N) is 1. The lowest BCUT2D eigenvalue weighted by atomic mass is 9.76. The molecule has 1 spiro atoms. The van der Waals surface area contributed by atoms with Crippen molar-refractivity contribution in [2.75, 3.05) is 10.2 Å². The van der Waals surface area contributed by atoms with Crippen molar-refractivity contribution in [2.45, 2.75) is 57.0 Å². The second kappa shape index (κ2) is 8.58. The van der Waals surface area contributed by atoms with Crippen LogP contribution >= 0.6 is 0 Å². The Morgan fingerprint density at radius 2 is 1.86 bits per heavy atom. The van der Waals surface area contributed by atoms with Crippen LogP contribution in [0.5, 0.6) is 0 Å². The standard InChI is InChI=1S/C27H26FN5O3/c1-17-15-27(11-5-6-12-27)32(22-10-9-19(28)13-20(17)22)23-14-21(29-16-18-7-3-2-4-8-18)26(33(34)35)25-24(23)30-36-31-25/h2-4,7-10,13-14,17,29H,5-6,11-12,15-16H2,1H3. The topological polar surface area (TPSA) is 97.3 Å². The molecule has 6 rings (SSSR count). The number of rotatable bonds is 5. The fraction of sp³-hybridized carbons (Fsp3) is 0.333. The number of hydrogen-bond acceptors (Lipinski definition) is 7. The number of hydrogen-bond donors (Lipinski definition) is 1. The minimum atomic E-state index is -0.448. The second-order valence-electron chi connectivity index (χ2n) is 9.92. The molecule has 4 aromatic rings. The lowest BCUT2D eigenvalue weighted by molar-refractivity contribution is -0.382. The van der Waals surface area contributed by atoms with Crippen LogP contribution in [0.25, 0.3) is 11.0 Å². The average Bonchev–Trinajstić information content (AvgIpc) is 3.54. The summed E-state index contributed by atoms with van der Waals surface area (Å²) in [6.07, 6.45) is 4.99. The molecule has 1 aliphatic heterocycles. The van der Waals surface area contributed by atoms with E-state index in [1.807, 2.05) is 36.4 Å². The first-order valence-corrected chi connectivity index (χ1v) is 12.3. The number of aromatic nitrogens is 2. The predicted octanol–water partition coefficient (Wildman–Crippen LogP) is 6.84. The van der Waals surface area contributed by atoms with Crippen molar-refractivity contribution in [1.82, 2.24) is 10.3 Å². The summed E-state index contributed by atoms with van der Waals surface area (Å²) in [5.41, 5.74) is 3.93. The van der Waals surface area contributed by atoms with Gasteiger partial charge in [0.05, 0.1) is 10.6 Å². The van der Waals surface area contributed by atoms with E-state index in [2.05, 4.69) is 27.5 Å². The van der Waals surface area contributed by atoms with Crippen LogP contribution in [-0.4, -0.2) is 20.8 Å². The molecule has 8 nitrogen and oxygen atoms in total. The van der Waals surface area contributed by atoms with Gasteiger partial charge < -0.3 is 10.2 Å². The Balaban J connectivity index is 1.56. The number of benzene rings is 3. The molecule has 0 bridgehead atoms. The number of nitrogens with zero attached hydrogens (tertiary/aromatic N) is 4. The lowest BCUT2D eigenvalue weighted by Crippen LogP contribution is -2.48. The number of nitro benzene ring substituents is 1. The van der Waals surface area contributed by atoms with Gasteiger partial charge in [-0.2, -0.15) is 0 Å². The molecule has 3 aromatic carbocycles. The first kappa shape index (κ1) is 22.5. The molecule has 1 atom stereocenters. The monoisotopic (exact) mass is 487 g/mol. The molecule has 9 heteroatoms. The molecule has 36 heavy (non-hydrogen) atoms. The van der Waals surface area contributed by atoms with Crippen molar-refractivity contribution in [3.8, 4) is 0 Å². The summed E-state index contributed by atoms with van der Waals surface area (Å²) in [7, 11) is 0. The zero-order valence-corrected chi connectivity index (χ0v) is 19.9. The molecular weight excluding hydrogens is 461 g/mol. The van der Waals surface area contributed by atoms with Crippen LogP contribution in [0.3, 0.4) is 0 Å². The van der Waals surface area contributed by atoms with Gasteiger partial charge >= 0.3 is 5.69 Å². The van der Waals surface area contributed by atoms with Crippen LogP contribution in [0.1, 0.15) is 56.1 Å². The van der Waals surface area contributed by atoms with E-state index < -0.39 is 4.92 Å². The van der Waals surface area contributed by atoms with E-state index in [1.54, 1.807) is 12.1 Å². The fourth-order valence-electron chi connectivity index (χ4n) is 6.19. The number of fused-ring (bicyclic) bond motifs is 2. The van der Waals surface area contributed by atoms with Gasteiger partial charge in [-0.1, -0.05) is 50.1 Å². The van der Waals surface area contributed by atoms with Gasteiger partial charge in [-0.15, -0.1) is 0 Å². The van der Waals surface area contributed by atoms with Gasteiger partial charge in [-0.3, -0.25) is 10.1 Å². The molecule has 2 aliphatic rings. The molecule has 1 N–H and O–H groups in total. The molecule has 0 amide bonds. The van der Waals surface area contributed by atoms with E-state index in [0.717, 1.165) is 48.9 Å². The fourth-order valence-corrected chi connectivity index (χ4v) is 6.19. The van der Waals surface area contributed by atoms with Crippen LogP contribution in [0.4, 0.5) is 27.1 Å². The maximum Gasteiger partial charge on any atom is 0.323 e. The summed E-state index contributed by atoms with van der Waals surface area (Å²) in [5, 5.41) is 23.5. The van der Waals surface area contributed by atoms with Crippen LogP contribution in [0.2, 0.25) is 0 Å². The lowest BCUT2D eigenvalue weighted by Gasteiger charge is -2.49. The quantitative estimate of drug-likeness (QED) is 0.243. The third-order valence-electron chi connectivity index (χ3n) is 7.70. The Labute approximate surface area is 207 Å². The zero-order chi connectivity index (χ0) is 24.9. The normalized spacial score (nSPS) is 18.5. The SMILES string of the molecule is CC1CC2(CCCC2)N(c2cc(NCc3ccccc3)c([N+](=O)[O-])c3nonc23)c2ccc(F)cc21. The maximum absolute atomic E-state index is 14.3. The molecule has 1 aliphatic carbocycles. The van der Waals surface area contributed by atoms with E-state index in [0.29, 0.717) is 23.4 Å². The van der Waals surface area contributed by atoms with Gasteiger partial charge in [0.2, 0.25) is 5.52 Å². The Bertz CT molecular complexity index is 1450.